The average molecular weight is 335 g/mol. The number of aliphatic hydroxyl groups excluding tert-OH is 1. The normalized spacial score (nSPS) is 18.5. The van der Waals surface area contributed by atoms with Crippen LogP contribution in [0, 0.1) is 11.8 Å². The van der Waals surface area contributed by atoms with Crippen molar-refractivity contribution in [3.63, 3.8) is 0 Å². The van der Waals surface area contributed by atoms with Gasteiger partial charge in [0.05, 0.1) is 13.2 Å². The second-order valence-electron chi connectivity index (χ2n) is 5.94. The third kappa shape index (κ3) is 7.65. The predicted octanol–water partition coefficient (Wildman–Crippen LogP) is 2.43. The van der Waals surface area contributed by atoms with Crippen molar-refractivity contribution in [1.82, 2.24) is 4.90 Å². The highest BCUT2D eigenvalue weighted by Gasteiger charge is 2.28. The largest absolute Gasteiger partial charge is 0.469 e. The summed E-state index contributed by atoms with van der Waals surface area (Å²) >= 11 is 0. The van der Waals surface area contributed by atoms with E-state index in [1.807, 2.05) is 17.9 Å². The number of hydrogen-bond donors (Lipinski definition) is 1. The number of carbonyl (C=O) groups is 2. The summed E-state index contributed by atoms with van der Waals surface area (Å²) in [7, 11) is 1.40. The summed E-state index contributed by atoms with van der Waals surface area (Å²) in [6, 6.07) is 0.0608. The van der Waals surface area contributed by atoms with Crippen LogP contribution in [-0.4, -0.2) is 47.7 Å². The number of unbranched alkanes of at least 4 members (excludes halogenated alkanes) is 3. The van der Waals surface area contributed by atoms with E-state index in [0.717, 1.165) is 45.1 Å². The number of aliphatic hydroxyl groups is 1. The number of likely N-dealkylation sites (tertiary alicyclic amines) is 1. The number of methoxy groups -OCH3 is 1. The minimum Gasteiger partial charge on any atom is -0.469 e. The fraction of sp³-hybridized carbons (Fsp3) is 0.684. The first-order valence-corrected chi connectivity index (χ1v) is 8.79. The van der Waals surface area contributed by atoms with Gasteiger partial charge in [-0.1, -0.05) is 31.8 Å². The summed E-state index contributed by atoms with van der Waals surface area (Å²) in [5.41, 5.74) is 0. The van der Waals surface area contributed by atoms with Crippen LogP contribution in [0.1, 0.15) is 58.3 Å². The topological polar surface area (TPSA) is 66.8 Å². The van der Waals surface area contributed by atoms with Crippen LogP contribution < -0.4 is 0 Å². The van der Waals surface area contributed by atoms with Crippen LogP contribution in [0.5, 0.6) is 0 Å². The van der Waals surface area contributed by atoms with Crippen molar-refractivity contribution in [2.45, 2.75) is 70.4 Å². The van der Waals surface area contributed by atoms with E-state index in [9.17, 15) is 14.7 Å². The zero-order chi connectivity index (χ0) is 17.8. The minimum atomic E-state index is -0.763. The number of esters is 1. The van der Waals surface area contributed by atoms with E-state index in [2.05, 4.69) is 16.6 Å². The fourth-order valence-electron chi connectivity index (χ4n) is 2.74. The van der Waals surface area contributed by atoms with Crippen molar-refractivity contribution < 1.29 is 19.4 Å². The highest BCUT2D eigenvalue weighted by atomic mass is 16.5. The molecule has 0 radical (unpaired) electrons. The van der Waals surface area contributed by atoms with Gasteiger partial charge in [-0.2, -0.15) is 0 Å². The molecule has 1 saturated heterocycles. The molecular formula is C19H29NO4. The Kier molecular flexibility index (Phi) is 9.86. The molecule has 1 rings (SSSR count). The lowest BCUT2D eigenvalue weighted by atomic mass is 10.1. The van der Waals surface area contributed by atoms with Gasteiger partial charge in [0.2, 0.25) is 5.91 Å². The molecule has 5 heteroatoms. The van der Waals surface area contributed by atoms with Gasteiger partial charge < -0.3 is 14.7 Å². The highest BCUT2D eigenvalue weighted by Crippen LogP contribution is 2.21. The number of carbonyl (C=O) groups excluding carboxylic acids is 2. The maximum Gasteiger partial charge on any atom is 0.305 e. The predicted molar refractivity (Wildman–Crippen MR) is 93.0 cm³/mol. The van der Waals surface area contributed by atoms with E-state index >= 15 is 0 Å². The molecule has 1 heterocycles. The van der Waals surface area contributed by atoms with Crippen molar-refractivity contribution in [1.29, 1.82) is 0 Å². The molecule has 0 saturated carbocycles. The molecule has 0 aromatic rings. The van der Waals surface area contributed by atoms with Gasteiger partial charge in [-0.05, 0) is 25.3 Å². The first-order chi connectivity index (χ1) is 11.6. The molecule has 24 heavy (non-hydrogen) atoms. The highest BCUT2D eigenvalue weighted by molar-refractivity contribution is 5.79. The summed E-state index contributed by atoms with van der Waals surface area (Å²) in [4.78, 5) is 24.9. The van der Waals surface area contributed by atoms with E-state index in [1.165, 1.54) is 7.11 Å². The van der Waals surface area contributed by atoms with Gasteiger partial charge in [-0.3, -0.25) is 9.59 Å². The maximum absolute atomic E-state index is 12.0. The molecule has 0 spiro atoms. The van der Waals surface area contributed by atoms with Crippen molar-refractivity contribution >= 4 is 11.9 Å². The second-order valence-corrected chi connectivity index (χ2v) is 5.94. The molecule has 1 N–H and O–H groups in total. The van der Waals surface area contributed by atoms with E-state index < -0.39 is 6.10 Å². The molecule has 134 valence electrons. The number of nitrogens with zero attached hydrogens (tertiary/aromatic N) is 1. The molecule has 0 aliphatic carbocycles. The lowest BCUT2D eigenvalue weighted by Crippen LogP contribution is -2.32. The Bertz CT molecular complexity index is 489. The maximum atomic E-state index is 12.0. The van der Waals surface area contributed by atoms with Gasteiger partial charge in [0.1, 0.15) is 6.10 Å². The van der Waals surface area contributed by atoms with E-state index in [1.54, 1.807) is 6.08 Å². The van der Waals surface area contributed by atoms with Crippen LogP contribution in [0.15, 0.2) is 12.2 Å². The second kappa shape index (κ2) is 11.7. The molecular weight excluding hydrogens is 306 g/mol. The number of rotatable bonds is 9. The zero-order valence-corrected chi connectivity index (χ0v) is 14.8. The van der Waals surface area contributed by atoms with Gasteiger partial charge in [0.25, 0.3) is 0 Å². The minimum absolute atomic E-state index is 0.0608. The van der Waals surface area contributed by atoms with Crippen LogP contribution in [0.2, 0.25) is 0 Å². The smallest absolute Gasteiger partial charge is 0.305 e. The molecule has 0 unspecified atom stereocenters. The summed E-state index contributed by atoms with van der Waals surface area (Å²) in [5, 5.41) is 9.73. The van der Waals surface area contributed by atoms with Gasteiger partial charge in [-0.15, -0.1) is 5.92 Å². The fourth-order valence-corrected chi connectivity index (χ4v) is 2.74. The van der Waals surface area contributed by atoms with Crippen molar-refractivity contribution in [2.75, 3.05) is 13.7 Å². The Morgan fingerprint density at radius 2 is 2.17 bits per heavy atom. The summed E-state index contributed by atoms with van der Waals surface area (Å²) in [5.74, 6) is 5.59. The first kappa shape index (κ1) is 20.2. The quantitative estimate of drug-likeness (QED) is 0.304. The van der Waals surface area contributed by atoms with Crippen LogP contribution >= 0.6 is 0 Å². The first-order valence-electron chi connectivity index (χ1n) is 8.79. The molecule has 0 aromatic heterocycles. The summed E-state index contributed by atoms with van der Waals surface area (Å²) in [6.07, 6.45) is 9.05. The zero-order valence-electron chi connectivity index (χ0n) is 14.8. The van der Waals surface area contributed by atoms with Crippen molar-refractivity contribution in [3.8, 4) is 11.8 Å². The Morgan fingerprint density at radius 3 is 2.88 bits per heavy atom. The Labute approximate surface area is 145 Å². The van der Waals surface area contributed by atoms with Gasteiger partial charge in [0.15, 0.2) is 0 Å². The van der Waals surface area contributed by atoms with E-state index in [4.69, 9.17) is 0 Å². The standard InChI is InChI=1S/C19H29NO4/c1-3-4-9-17(21)13-11-16-12-14-18(22)20(16)15-8-6-5-7-10-19(23)24-2/h11,13,16-17,21H,3,5-8,10,12,14-15H2,1-2H3/t16-,17-/m0/s1. The number of ether oxygens (including phenoxy) is 1. The Hall–Kier alpha value is -1.80. The number of hydrogen-bond acceptors (Lipinski definition) is 4. The summed E-state index contributed by atoms with van der Waals surface area (Å²) in [6.45, 7) is 2.66. The van der Waals surface area contributed by atoms with E-state index in [0.29, 0.717) is 12.8 Å². The lowest BCUT2D eigenvalue weighted by Gasteiger charge is -2.22. The molecule has 5 nitrogen and oxygen atoms in total. The van der Waals surface area contributed by atoms with Crippen LogP contribution in [-0.2, 0) is 14.3 Å². The van der Waals surface area contributed by atoms with Crippen LogP contribution in [0.4, 0.5) is 0 Å². The van der Waals surface area contributed by atoms with Crippen LogP contribution in [0.25, 0.3) is 0 Å². The van der Waals surface area contributed by atoms with Gasteiger partial charge in [-0.25, -0.2) is 0 Å². The van der Waals surface area contributed by atoms with E-state index in [-0.39, 0.29) is 17.9 Å². The number of amides is 1. The molecule has 0 aromatic carbocycles. The van der Waals surface area contributed by atoms with Crippen LogP contribution in [0.3, 0.4) is 0 Å². The third-order valence-electron chi connectivity index (χ3n) is 4.07. The van der Waals surface area contributed by atoms with Gasteiger partial charge >= 0.3 is 5.97 Å². The SMILES string of the molecule is CCC#C[C@H](O)C=C[C@H]1CCC(=O)N1CCCCCCC(=O)OC. The molecule has 2 atom stereocenters. The van der Waals surface area contributed by atoms with Gasteiger partial charge in [0, 0.05) is 25.8 Å². The average Bonchev–Trinajstić information content (AvgIpc) is 2.93. The van der Waals surface area contributed by atoms with Crippen molar-refractivity contribution in [3.05, 3.63) is 12.2 Å². The third-order valence-corrected chi connectivity index (χ3v) is 4.07. The molecule has 0 bridgehead atoms. The molecule has 1 amide bonds. The molecule has 1 fully saturated rings. The monoisotopic (exact) mass is 335 g/mol. The summed E-state index contributed by atoms with van der Waals surface area (Å²) < 4.78 is 4.61. The molecule has 1 aliphatic heterocycles. The van der Waals surface area contributed by atoms with Crippen molar-refractivity contribution in [2.24, 2.45) is 0 Å². The lowest BCUT2D eigenvalue weighted by molar-refractivity contribution is -0.140. The molecule has 1 aliphatic rings. The Morgan fingerprint density at radius 1 is 1.42 bits per heavy atom. The Balaban J connectivity index is 2.32.